The number of amides is 1. The van der Waals surface area contributed by atoms with Crippen molar-refractivity contribution in [1.82, 2.24) is 5.32 Å². The number of thiophene rings is 1. The van der Waals surface area contributed by atoms with Crippen LogP contribution in [0.4, 0.5) is 15.1 Å². The van der Waals surface area contributed by atoms with Crippen LogP contribution < -0.4 is 16.4 Å². The predicted octanol–water partition coefficient (Wildman–Crippen LogP) is 2.87. The summed E-state index contributed by atoms with van der Waals surface area (Å²) < 4.78 is 12.8. The average molecular weight is 307 g/mol. The summed E-state index contributed by atoms with van der Waals surface area (Å²) in [5.41, 5.74) is 7.37. The van der Waals surface area contributed by atoms with Crippen LogP contribution >= 0.6 is 11.3 Å². The zero-order valence-corrected chi connectivity index (χ0v) is 12.6. The smallest absolute Gasteiger partial charge is 0.263 e. The fourth-order valence-corrected chi connectivity index (χ4v) is 2.81. The molecule has 1 aromatic heterocycles. The van der Waals surface area contributed by atoms with E-state index in [1.165, 1.54) is 23.5 Å². The van der Waals surface area contributed by atoms with Crippen molar-refractivity contribution in [2.45, 2.75) is 13.3 Å². The molecule has 2 rings (SSSR count). The fourth-order valence-electron chi connectivity index (χ4n) is 1.89. The third kappa shape index (κ3) is 4.19. The maximum atomic E-state index is 12.8. The molecule has 0 aliphatic heterocycles. The van der Waals surface area contributed by atoms with Gasteiger partial charge >= 0.3 is 0 Å². The lowest BCUT2D eigenvalue weighted by Gasteiger charge is -2.03. The summed E-state index contributed by atoms with van der Waals surface area (Å²) in [6.07, 6.45) is 0.772. The Bertz CT molecular complexity index is 610. The van der Waals surface area contributed by atoms with E-state index in [0.717, 1.165) is 17.0 Å². The van der Waals surface area contributed by atoms with E-state index in [9.17, 15) is 9.18 Å². The van der Waals surface area contributed by atoms with Crippen LogP contribution in [0.15, 0.2) is 30.3 Å². The van der Waals surface area contributed by atoms with Gasteiger partial charge in [0.25, 0.3) is 5.91 Å². The van der Waals surface area contributed by atoms with Gasteiger partial charge in [0, 0.05) is 13.1 Å². The van der Waals surface area contributed by atoms with Gasteiger partial charge in [-0.3, -0.25) is 4.79 Å². The zero-order chi connectivity index (χ0) is 15.2. The van der Waals surface area contributed by atoms with Crippen LogP contribution in [0.2, 0.25) is 0 Å². The first kappa shape index (κ1) is 15.3. The predicted molar refractivity (Wildman–Crippen MR) is 85.3 cm³/mol. The van der Waals surface area contributed by atoms with Crippen molar-refractivity contribution in [2.75, 3.05) is 24.1 Å². The summed E-state index contributed by atoms with van der Waals surface area (Å²) in [7, 11) is 0. The molecule has 112 valence electrons. The number of nitrogen functional groups attached to an aromatic ring is 1. The van der Waals surface area contributed by atoms with Crippen LogP contribution in [0.25, 0.3) is 0 Å². The summed E-state index contributed by atoms with van der Waals surface area (Å²) in [6, 6.07) is 8.19. The topological polar surface area (TPSA) is 67.2 Å². The molecule has 0 fully saturated rings. The monoisotopic (exact) mass is 307 g/mol. The molecular weight excluding hydrogens is 289 g/mol. The van der Waals surface area contributed by atoms with E-state index in [1.807, 2.05) is 6.92 Å². The van der Waals surface area contributed by atoms with Gasteiger partial charge in [0.2, 0.25) is 0 Å². The van der Waals surface area contributed by atoms with Gasteiger partial charge in [0.15, 0.2) is 0 Å². The second-order valence-electron chi connectivity index (χ2n) is 4.56. The maximum Gasteiger partial charge on any atom is 0.263 e. The summed E-state index contributed by atoms with van der Waals surface area (Å²) in [5.74, 6) is -0.379. The van der Waals surface area contributed by atoms with Crippen molar-refractivity contribution >= 4 is 27.9 Å². The number of nitrogens with one attached hydrogen (secondary N) is 2. The molecule has 0 saturated heterocycles. The van der Waals surface area contributed by atoms with Crippen molar-refractivity contribution in [2.24, 2.45) is 0 Å². The summed E-state index contributed by atoms with van der Waals surface area (Å²) >= 11 is 1.34. The molecule has 1 aromatic carbocycles. The first-order valence-corrected chi connectivity index (χ1v) is 7.57. The van der Waals surface area contributed by atoms with Crippen LogP contribution in [-0.2, 0) is 6.42 Å². The Morgan fingerprint density at radius 3 is 2.71 bits per heavy atom. The largest absolute Gasteiger partial charge is 0.397 e. The number of hydrogen-bond acceptors (Lipinski definition) is 4. The van der Waals surface area contributed by atoms with Gasteiger partial charge < -0.3 is 16.4 Å². The molecule has 0 bridgehead atoms. The number of nitrogens with two attached hydrogens (primary N) is 1. The van der Waals surface area contributed by atoms with Crippen LogP contribution in [0.5, 0.6) is 0 Å². The highest BCUT2D eigenvalue weighted by Gasteiger charge is 2.13. The lowest BCUT2D eigenvalue weighted by atomic mass is 10.1. The molecule has 0 unspecified atom stereocenters. The van der Waals surface area contributed by atoms with E-state index >= 15 is 0 Å². The van der Waals surface area contributed by atoms with Gasteiger partial charge in [-0.25, -0.2) is 4.39 Å². The molecule has 0 radical (unpaired) electrons. The number of rotatable bonds is 6. The first-order valence-electron chi connectivity index (χ1n) is 6.76. The molecule has 2 aromatic rings. The maximum absolute atomic E-state index is 12.8. The molecule has 0 saturated carbocycles. The van der Waals surface area contributed by atoms with Crippen LogP contribution in [-0.4, -0.2) is 19.0 Å². The number of benzene rings is 1. The molecule has 21 heavy (non-hydrogen) atoms. The number of hydrogen-bond donors (Lipinski definition) is 3. The summed E-state index contributed by atoms with van der Waals surface area (Å²) in [6.45, 7) is 3.13. The van der Waals surface area contributed by atoms with Crippen molar-refractivity contribution in [3.63, 3.8) is 0 Å². The van der Waals surface area contributed by atoms with Crippen LogP contribution in [0.3, 0.4) is 0 Å². The minimum Gasteiger partial charge on any atom is -0.397 e. The van der Waals surface area contributed by atoms with Crippen LogP contribution in [0, 0.1) is 5.82 Å². The first-order chi connectivity index (χ1) is 10.1. The Labute approximate surface area is 127 Å². The van der Waals surface area contributed by atoms with E-state index in [0.29, 0.717) is 23.7 Å². The number of carbonyl (C=O) groups is 1. The number of carbonyl (C=O) groups excluding carboxylic acids is 1. The molecule has 4 nitrogen and oxygen atoms in total. The Kier molecular flexibility index (Phi) is 5.16. The van der Waals surface area contributed by atoms with Crippen molar-refractivity contribution in [3.05, 3.63) is 46.6 Å². The van der Waals surface area contributed by atoms with E-state index < -0.39 is 0 Å². The Morgan fingerprint density at radius 1 is 1.33 bits per heavy atom. The standard InChI is InChI=1S/C15H18FN3OS/c1-2-18-15(20)14-12(17)9-13(21-14)19-8-7-10-3-5-11(16)6-4-10/h3-6,9,19H,2,7-8,17H2,1H3,(H,18,20). The van der Waals surface area contributed by atoms with Crippen molar-refractivity contribution in [3.8, 4) is 0 Å². The Morgan fingerprint density at radius 2 is 2.05 bits per heavy atom. The molecule has 1 heterocycles. The van der Waals surface area contributed by atoms with Crippen LogP contribution in [0.1, 0.15) is 22.2 Å². The van der Waals surface area contributed by atoms with Gasteiger partial charge in [-0.2, -0.15) is 0 Å². The molecule has 4 N–H and O–H groups in total. The molecule has 6 heteroatoms. The van der Waals surface area contributed by atoms with E-state index in [-0.39, 0.29) is 11.7 Å². The Hall–Kier alpha value is -2.08. The molecule has 1 amide bonds. The van der Waals surface area contributed by atoms with Gasteiger partial charge in [-0.15, -0.1) is 11.3 Å². The number of halogens is 1. The molecule has 0 spiro atoms. The summed E-state index contributed by atoms with van der Waals surface area (Å²) in [4.78, 5) is 12.3. The quantitative estimate of drug-likeness (QED) is 0.769. The van der Waals surface area contributed by atoms with Gasteiger partial charge in [-0.1, -0.05) is 12.1 Å². The van der Waals surface area contributed by atoms with E-state index in [2.05, 4.69) is 10.6 Å². The molecular formula is C15H18FN3OS. The van der Waals surface area contributed by atoms with Gasteiger partial charge in [0.1, 0.15) is 10.7 Å². The lowest BCUT2D eigenvalue weighted by molar-refractivity contribution is 0.0960. The third-order valence-corrected chi connectivity index (χ3v) is 4.04. The highest BCUT2D eigenvalue weighted by molar-refractivity contribution is 7.18. The van der Waals surface area contributed by atoms with E-state index in [1.54, 1.807) is 18.2 Å². The minimum atomic E-state index is -0.232. The zero-order valence-electron chi connectivity index (χ0n) is 11.8. The molecule has 0 aliphatic rings. The summed E-state index contributed by atoms with van der Waals surface area (Å²) in [5, 5.41) is 6.82. The average Bonchev–Trinajstić information content (AvgIpc) is 2.82. The normalized spacial score (nSPS) is 10.4. The highest BCUT2D eigenvalue weighted by atomic mass is 32.1. The van der Waals surface area contributed by atoms with Gasteiger partial charge in [-0.05, 0) is 37.1 Å². The van der Waals surface area contributed by atoms with E-state index in [4.69, 9.17) is 5.73 Å². The Balaban J connectivity index is 1.90. The number of anilines is 2. The third-order valence-electron chi connectivity index (χ3n) is 2.93. The van der Waals surface area contributed by atoms with Crippen molar-refractivity contribution in [1.29, 1.82) is 0 Å². The second-order valence-corrected chi connectivity index (χ2v) is 5.61. The minimum absolute atomic E-state index is 0.147. The fraction of sp³-hybridized carbons (Fsp3) is 0.267. The van der Waals surface area contributed by atoms with Crippen molar-refractivity contribution < 1.29 is 9.18 Å². The lowest BCUT2D eigenvalue weighted by Crippen LogP contribution is -2.22. The molecule has 0 atom stereocenters. The molecule has 0 aliphatic carbocycles. The highest BCUT2D eigenvalue weighted by Crippen LogP contribution is 2.29. The second kappa shape index (κ2) is 7.08. The SMILES string of the molecule is CCNC(=O)c1sc(NCCc2ccc(F)cc2)cc1N. The van der Waals surface area contributed by atoms with Gasteiger partial charge in [0.05, 0.1) is 10.7 Å².